The SMILES string of the molecule is N#CCCC(Cc1ccccn1)NC(=O)C1=NOC2(CCN(S(=O)(=O)c3ccc(F)cc3)CC2)C1. The van der Waals surface area contributed by atoms with Crippen LogP contribution < -0.4 is 5.32 Å². The molecule has 2 aliphatic rings. The van der Waals surface area contributed by atoms with Crippen molar-refractivity contribution in [3.8, 4) is 6.07 Å². The monoisotopic (exact) mass is 499 g/mol. The molecule has 0 saturated carbocycles. The number of nitrogens with zero attached hydrogens (tertiary/aromatic N) is 4. The Labute approximate surface area is 203 Å². The van der Waals surface area contributed by atoms with E-state index in [4.69, 9.17) is 10.1 Å². The summed E-state index contributed by atoms with van der Waals surface area (Å²) >= 11 is 0. The van der Waals surface area contributed by atoms with Crippen molar-refractivity contribution in [3.63, 3.8) is 0 Å². The van der Waals surface area contributed by atoms with Crippen LogP contribution in [0.2, 0.25) is 0 Å². The van der Waals surface area contributed by atoms with Gasteiger partial charge in [-0.25, -0.2) is 12.8 Å². The maximum absolute atomic E-state index is 13.2. The number of pyridine rings is 1. The quantitative estimate of drug-likeness (QED) is 0.595. The zero-order valence-corrected chi connectivity index (χ0v) is 19.9. The number of nitriles is 1. The molecule has 0 radical (unpaired) electrons. The number of piperidine rings is 1. The average Bonchev–Trinajstić information content (AvgIpc) is 3.27. The van der Waals surface area contributed by atoms with Crippen LogP contribution in [0.1, 0.15) is 37.8 Å². The summed E-state index contributed by atoms with van der Waals surface area (Å²) in [5.41, 5.74) is 0.333. The zero-order chi connectivity index (χ0) is 24.9. The van der Waals surface area contributed by atoms with Crippen LogP contribution >= 0.6 is 0 Å². The molecule has 1 unspecified atom stereocenters. The molecule has 35 heavy (non-hydrogen) atoms. The Morgan fingerprint density at radius 2 is 1.97 bits per heavy atom. The third kappa shape index (κ3) is 5.83. The summed E-state index contributed by atoms with van der Waals surface area (Å²) in [6.45, 7) is 0.406. The summed E-state index contributed by atoms with van der Waals surface area (Å²) in [6, 6.07) is 12.1. The summed E-state index contributed by atoms with van der Waals surface area (Å²) in [6.07, 6.45) is 3.97. The van der Waals surface area contributed by atoms with Crippen molar-refractivity contribution in [2.75, 3.05) is 13.1 Å². The molecular formula is C24H26FN5O4S. The average molecular weight is 500 g/mol. The van der Waals surface area contributed by atoms with Gasteiger partial charge in [0.05, 0.1) is 11.0 Å². The number of halogens is 1. The smallest absolute Gasteiger partial charge is 0.269 e. The molecule has 1 spiro atoms. The number of sulfonamides is 1. The van der Waals surface area contributed by atoms with E-state index in [2.05, 4.69) is 21.5 Å². The molecule has 4 rings (SSSR count). The fourth-order valence-electron chi connectivity index (χ4n) is 4.31. The number of rotatable bonds is 8. The molecule has 1 fully saturated rings. The van der Waals surface area contributed by atoms with Crippen molar-refractivity contribution >= 4 is 21.6 Å². The van der Waals surface area contributed by atoms with E-state index >= 15 is 0 Å². The summed E-state index contributed by atoms with van der Waals surface area (Å²) in [4.78, 5) is 22.9. The first-order valence-corrected chi connectivity index (χ1v) is 12.8. The van der Waals surface area contributed by atoms with Gasteiger partial charge in [-0.1, -0.05) is 11.2 Å². The minimum Gasteiger partial charge on any atom is -0.388 e. The number of oxime groups is 1. The van der Waals surface area contributed by atoms with Crippen LogP contribution in [0.15, 0.2) is 58.7 Å². The molecule has 1 aromatic carbocycles. The molecule has 11 heteroatoms. The van der Waals surface area contributed by atoms with Crippen LogP contribution in [-0.2, 0) is 26.1 Å². The Hall–Kier alpha value is -3.36. The molecular weight excluding hydrogens is 473 g/mol. The minimum atomic E-state index is -3.75. The molecule has 1 atom stereocenters. The Bertz CT molecular complexity index is 1220. The standard InChI is InChI=1S/C24H26FN5O4S/c25-18-6-8-21(9-7-18)35(32,33)30-14-10-24(11-15-30)17-22(29-34-24)23(31)28-20(5-3-12-26)16-19-4-1-2-13-27-19/h1-2,4,6-9,13,20H,3,5,10-11,14-17H2,(H,28,31). The van der Waals surface area contributed by atoms with E-state index in [0.717, 1.165) is 17.8 Å². The van der Waals surface area contributed by atoms with Crippen molar-refractivity contribution in [3.05, 3.63) is 60.2 Å². The van der Waals surface area contributed by atoms with Crippen LogP contribution in [0.4, 0.5) is 4.39 Å². The number of carbonyl (C=O) groups is 1. The number of hydrogen-bond donors (Lipinski definition) is 1. The highest BCUT2D eigenvalue weighted by molar-refractivity contribution is 7.89. The van der Waals surface area contributed by atoms with Gasteiger partial charge in [0, 0.05) is 63.1 Å². The van der Waals surface area contributed by atoms with Gasteiger partial charge in [-0.05, 0) is 42.8 Å². The molecule has 1 aromatic heterocycles. The van der Waals surface area contributed by atoms with Crippen molar-refractivity contribution < 1.29 is 22.4 Å². The highest BCUT2D eigenvalue weighted by Gasteiger charge is 2.46. The highest BCUT2D eigenvalue weighted by Crippen LogP contribution is 2.36. The minimum absolute atomic E-state index is 0.0369. The molecule has 1 saturated heterocycles. The van der Waals surface area contributed by atoms with E-state index in [1.54, 1.807) is 6.20 Å². The topological polar surface area (TPSA) is 125 Å². The third-order valence-corrected chi connectivity index (χ3v) is 8.22. The predicted molar refractivity (Wildman–Crippen MR) is 125 cm³/mol. The second-order valence-corrected chi connectivity index (χ2v) is 10.7. The number of carbonyl (C=O) groups excluding carboxylic acids is 1. The first-order chi connectivity index (χ1) is 16.8. The number of aromatic nitrogens is 1. The summed E-state index contributed by atoms with van der Waals surface area (Å²) in [5.74, 6) is -0.860. The van der Waals surface area contributed by atoms with Crippen molar-refractivity contribution in [2.24, 2.45) is 5.16 Å². The first-order valence-electron chi connectivity index (χ1n) is 11.4. The number of hydrogen-bond acceptors (Lipinski definition) is 7. The first kappa shape index (κ1) is 24.8. The van der Waals surface area contributed by atoms with E-state index in [1.165, 1.54) is 16.4 Å². The molecule has 0 aliphatic carbocycles. The molecule has 9 nitrogen and oxygen atoms in total. The fourth-order valence-corrected chi connectivity index (χ4v) is 5.75. The molecule has 3 heterocycles. The lowest BCUT2D eigenvalue weighted by molar-refractivity contribution is -0.115. The van der Waals surface area contributed by atoms with E-state index in [1.807, 2.05) is 18.2 Å². The van der Waals surface area contributed by atoms with E-state index in [-0.39, 0.29) is 42.1 Å². The summed E-state index contributed by atoms with van der Waals surface area (Å²) < 4.78 is 40.3. The normalized spacial score (nSPS) is 18.3. The highest BCUT2D eigenvalue weighted by atomic mass is 32.2. The van der Waals surface area contributed by atoms with Gasteiger partial charge in [0.15, 0.2) is 0 Å². The van der Waals surface area contributed by atoms with Crippen LogP contribution in [0, 0.1) is 17.1 Å². The maximum atomic E-state index is 13.2. The van der Waals surface area contributed by atoms with Crippen molar-refractivity contribution in [2.45, 2.75) is 55.1 Å². The van der Waals surface area contributed by atoms with Crippen LogP contribution in [-0.4, -0.2) is 54.1 Å². The summed E-state index contributed by atoms with van der Waals surface area (Å²) in [5, 5.41) is 15.9. The predicted octanol–water partition coefficient (Wildman–Crippen LogP) is 2.55. The Kier molecular flexibility index (Phi) is 7.42. The maximum Gasteiger partial charge on any atom is 0.269 e. The van der Waals surface area contributed by atoms with Gasteiger partial charge in [0.2, 0.25) is 10.0 Å². The lowest BCUT2D eigenvalue weighted by atomic mass is 9.87. The second kappa shape index (κ2) is 10.5. The fraction of sp³-hybridized carbons (Fsp3) is 0.417. The largest absolute Gasteiger partial charge is 0.388 e. The Morgan fingerprint density at radius 1 is 1.23 bits per heavy atom. The van der Waals surface area contributed by atoms with E-state index < -0.39 is 21.4 Å². The van der Waals surface area contributed by atoms with E-state index in [0.29, 0.717) is 32.1 Å². The van der Waals surface area contributed by atoms with E-state index in [9.17, 15) is 17.6 Å². The van der Waals surface area contributed by atoms with Crippen LogP contribution in [0.3, 0.4) is 0 Å². The molecule has 2 aliphatic heterocycles. The number of nitrogens with one attached hydrogen (secondary N) is 1. The molecule has 0 bridgehead atoms. The number of amides is 1. The van der Waals surface area contributed by atoms with Gasteiger partial charge >= 0.3 is 0 Å². The number of benzene rings is 1. The van der Waals surface area contributed by atoms with Crippen molar-refractivity contribution in [1.82, 2.24) is 14.6 Å². The van der Waals surface area contributed by atoms with Crippen LogP contribution in [0.25, 0.3) is 0 Å². The van der Waals surface area contributed by atoms with Gasteiger partial charge < -0.3 is 10.2 Å². The second-order valence-electron chi connectivity index (χ2n) is 8.74. The zero-order valence-electron chi connectivity index (χ0n) is 19.1. The van der Waals surface area contributed by atoms with Gasteiger partial charge in [-0.3, -0.25) is 9.78 Å². The molecule has 1 amide bonds. The third-order valence-electron chi connectivity index (χ3n) is 6.31. The Balaban J connectivity index is 1.34. The van der Waals surface area contributed by atoms with Gasteiger partial charge in [0.1, 0.15) is 17.1 Å². The van der Waals surface area contributed by atoms with Crippen molar-refractivity contribution in [1.29, 1.82) is 5.26 Å². The van der Waals surface area contributed by atoms with Gasteiger partial charge in [0.25, 0.3) is 5.91 Å². The Morgan fingerprint density at radius 3 is 2.63 bits per heavy atom. The molecule has 1 N–H and O–H groups in total. The molecule has 2 aromatic rings. The van der Waals surface area contributed by atoms with Crippen LogP contribution in [0.5, 0.6) is 0 Å². The molecule has 184 valence electrons. The summed E-state index contributed by atoms with van der Waals surface area (Å²) in [7, 11) is -3.75. The van der Waals surface area contributed by atoms with Gasteiger partial charge in [-0.2, -0.15) is 9.57 Å². The lowest BCUT2D eigenvalue weighted by Gasteiger charge is -2.36. The van der Waals surface area contributed by atoms with Gasteiger partial charge in [-0.15, -0.1) is 0 Å². The lowest BCUT2D eigenvalue weighted by Crippen LogP contribution is -2.47.